The van der Waals surface area contributed by atoms with Crippen molar-refractivity contribution in [1.82, 2.24) is 4.90 Å². The Hall–Kier alpha value is -0.190. The largest absolute Gasteiger partial charge is 0.303 e. The van der Waals surface area contributed by atoms with Gasteiger partial charge in [0.25, 0.3) is 0 Å². The van der Waals surface area contributed by atoms with Crippen molar-refractivity contribution in [1.29, 1.82) is 0 Å². The van der Waals surface area contributed by atoms with Gasteiger partial charge in [0.15, 0.2) is 0 Å². The van der Waals surface area contributed by atoms with Crippen LogP contribution in [0.1, 0.15) is 18.4 Å². The molecule has 2 heterocycles. The normalized spacial score (nSPS) is 19.3. The summed E-state index contributed by atoms with van der Waals surface area (Å²) in [5, 5.41) is 2.19. The van der Waals surface area contributed by atoms with Crippen molar-refractivity contribution in [2.24, 2.45) is 5.92 Å². The molecule has 4 heteroatoms. The first-order chi connectivity index (χ1) is 7.28. The number of hydrogen-bond acceptors (Lipinski definition) is 3. The molecule has 1 aromatic rings. The molecule has 0 aliphatic carbocycles. The predicted molar refractivity (Wildman–Crippen MR) is 66.1 cm³/mol. The Morgan fingerprint density at radius 3 is 2.80 bits per heavy atom. The Balaban J connectivity index is 1.84. The van der Waals surface area contributed by atoms with E-state index < -0.39 is 0 Å². The van der Waals surface area contributed by atoms with Crippen LogP contribution in [-0.4, -0.2) is 24.3 Å². The highest BCUT2D eigenvalue weighted by molar-refractivity contribution is 9.11. The maximum atomic E-state index is 10.6. The average molecular weight is 288 g/mol. The summed E-state index contributed by atoms with van der Waals surface area (Å²) >= 11 is 5.20. The van der Waals surface area contributed by atoms with Crippen LogP contribution in [0.5, 0.6) is 0 Å². The standard InChI is InChI=1S/C11H14BrNOS/c12-11-5-10(8-15-11)6-13-3-1-9(7-14)2-4-13/h5,7-9H,1-4,6H2. The van der Waals surface area contributed by atoms with Crippen molar-refractivity contribution in [2.45, 2.75) is 19.4 Å². The maximum absolute atomic E-state index is 10.6. The van der Waals surface area contributed by atoms with Crippen LogP contribution in [0.3, 0.4) is 0 Å². The van der Waals surface area contributed by atoms with Crippen LogP contribution in [0, 0.1) is 5.92 Å². The molecule has 1 saturated heterocycles. The summed E-state index contributed by atoms with van der Waals surface area (Å²) < 4.78 is 1.19. The summed E-state index contributed by atoms with van der Waals surface area (Å²) in [6, 6.07) is 2.18. The molecule has 1 fully saturated rings. The van der Waals surface area contributed by atoms with E-state index in [2.05, 4.69) is 32.3 Å². The van der Waals surface area contributed by atoms with Crippen LogP contribution in [0.25, 0.3) is 0 Å². The number of carbonyl (C=O) groups excluding carboxylic acids is 1. The van der Waals surface area contributed by atoms with Gasteiger partial charge < -0.3 is 4.79 Å². The molecule has 0 aromatic carbocycles. The van der Waals surface area contributed by atoms with E-state index in [4.69, 9.17) is 0 Å². The average Bonchev–Trinajstić information content (AvgIpc) is 2.65. The van der Waals surface area contributed by atoms with Gasteiger partial charge in [-0.15, -0.1) is 11.3 Å². The van der Waals surface area contributed by atoms with E-state index in [0.717, 1.165) is 38.8 Å². The predicted octanol–water partition coefficient (Wildman–Crippen LogP) is 2.92. The fourth-order valence-electron chi connectivity index (χ4n) is 1.93. The third-order valence-corrected chi connectivity index (χ3v) is 4.41. The van der Waals surface area contributed by atoms with Crippen LogP contribution >= 0.6 is 27.3 Å². The molecule has 2 nitrogen and oxygen atoms in total. The number of rotatable bonds is 3. The molecule has 1 aliphatic heterocycles. The number of carbonyl (C=O) groups is 1. The Morgan fingerprint density at radius 2 is 2.27 bits per heavy atom. The summed E-state index contributed by atoms with van der Waals surface area (Å²) in [6.07, 6.45) is 3.15. The lowest BCUT2D eigenvalue weighted by Crippen LogP contribution is -2.33. The van der Waals surface area contributed by atoms with E-state index >= 15 is 0 Å². The van der Waals surface area contributed by atoms with E-state index in [-0.39, 0.29) is 0 Å². The summed E-state index contributed by atoms with van der Waals surface area (Å²) in [5.74, 6) is 0.301. The van der Waals surface area contributed by atoms with Gasteiger partial charge in [-0.2, -0.15) is 0 Å². The first-order valence-electron chi connectivity index (χ1n) is 5.18. The van der Waals surface area contributed by atoms with Crippen LogP contribution in [0.2, 0.25) is 0 Å². The van der Waals surface area contributed by atoms with Crippen molar-refractivity contribution < 1.29 is 4.79 Å². The van der Waals surface area contributed by atoms with E-state index in [9.17, 15) is 4.79 Å². The summed E-state index contributed by atoms with van der Waals surface area (Å²) in [4.78, 5) is 13.0. The molecule has 0 atom stereocenters. The number of likely N-dealkylation sites (tertiary alicyclic amines) is 1. The molecule has 0 N–H and O–H groups in total. The molecule has 15 heavy (non-hydrogen) atoms. The molecule has 0 saturated carbocycles. The number of nitrogens with zero attached hydrogens (tertiary/aromatic N) is 1. The van der Waals surface area contributed by atoms with E-state index in [1.165, 1.54) is 9.35 Å². The lowest BCUT2D eigenvalue weighted by molar-refractivity contribution is -0.112. The molecule has 0 spiro atoms. The van der Waals surface area contributed by atoms with Crippen molar-refractivity contribution in [3.8, 4) is 0 Å². The topological polar surface area (TPSA) is 20.3 Å². The Bertz CT molecular complexity index is 331. The minimum absolute atomic E-state index is 0.301. The van der Waals surface area contributed by atoms with Gasteiger partial charge in [-0.05, 0) is 58.9 Å². The lowest BCUT2D eigenvalue weighted by Gasteiger charge is -2.29. The zero-order chi connectivity index (χ0) is 10.7. The van der Waals surface area contributed by atoms with Gasteiger partial charge in [0.1, 0.15) is 6.29 Å². The van der Waals surface area contributed by atoms with Crippen LogP contribution in [0.4, 0.5) is 0 Å². The van der Waals surface area contributed by atoms with Crippen LogP contribution < -0.4 is 0 Å². The first kappa shape index (κ1) is 11.3. The van der Waals surface area contributed by atoms with Crippen LogP contribution in [0.15, 0.2) is 15.2 Å². The monoisotopic (exact) mass is 287 g/mol. The molecular formula is C11H14BrNOS. The molecule has 2 rings (SSSR count). The quantitative estimate of drug-likeness (QED) is 0.797. The third-order valence-electron chi connectivity index (χ3n) is 2.85. The van der Waals surface area contributed by atoms with Crippen molar-refractivity contribution in [3.63, 3.8) is 0 Å². The number of halogens is 1. The highest BCUT2D eigenvalue weighted by Gasteiger charge is 2.18. The van der Waals surface area contributed by atoms with Gasteiger partial charge in [-0.1, -0.05) is 0 Å². The first-order valence-corrected chi connectivity index (χ1v) is 6.86. The Labute approximate surface area is 102 Å². The SMILES string of the molecule is O=CC1CCN(Cc2csc(Br)c2)CC1. The van der Waals surface area contributed by atoms with Gasteiger partial charge >= 0.3 is 0 Å². The molecule has 0 bridgehead atoms. The second-order valence-electron chi connectivity index (χ2n) is 4.01. The summed E-state index contributed by atoms with van der Waals surface area (Å²) in [7, 11) is 0. The molecular weight excluding hydrogens is 274 g/mol. The second kappa shape index (κ2) is 5.23. The fraction of sp³-hybridized carbons (Fsp3) is 0.545. The molecule has 1 aromatic heterocycles. The lowest BCUT2D eigenvalue weighted by atomic mass is 9.98. The zero-order valence-electron chi connectivity index (χ0n) is 8.49. The highest BCUT2D eigenvalue weighted by atomic mass is 79.9. The Morgan fingerprint density at radius 1 is 1.53 bits per heavy atom. The number of hydrogen-bond donors (Lipinski definition) is 0. The van der Waals surface area contributed by atoms with Crippen molar-refractivity contribution >= 4 is 33.6 Å². The summed E-state index contributed by atoms with van der Waals surface area (Å²) in [5.41, 5.74) is 1.37. The van der Waals surface area contributed by atoms with Gasteiger partial charge in [-0.3, -0.25) is 4.90 Å². The molecule has 1 aliphatic rings. The van der Waals surface area contributed by atoms with Crippen LogP contribution in [-0.2, 0) is 11.3 Å². The highest BCUT2D eigenvalue weighted by Crippen LogP contribution is 2.23. The zero-order valence-corrected chi connectivity index (χ0v) is 10.9. The van der Waals surface area contributed by atoms with Crippen molar-refractivity contribution in [2.75, 3.05) is 13.1 Å². The minimum Gasteiger partial charge on any atom is -0.303 e. The molecule has 0 unspecified atom stereocenters. The molecule has 0 amide bonds. The van der Waals surface area contributed by atoms with E-state index in [1.54, 1.807) is 11.3 Å². The minimum atomic E-state index is 0.301. The van der Waals surface area contributed by atoms with E-state index in [0.29, 0.717) is 5.92 Å². The maximum Gasteiger partial charge on any atom is 0.123 e. The third kappa shape index (κ3) is 3.13. The van der Waals surface area contributed by atoms with Gasteiger partial charge in [-0.25, -0.2) is 0 Å². The fourth-order valence-corrected chi connectivity index (χ4v) is 3.13. The number of thiophene rings is 1. The molecule has 0 radical (unpaired) electrons. The van der Waals surface area contributed by atoms with Crippen molar-refractivity contribution in [3.05, 3.63) is 20.8 Å². The number of piperidine rings is 1. The van der Waals surface area contributed by atoms with Gasteiger partial charge in [0.05, 0.1) is 3.79 Å². The molecule has 82 valence electrons. The van der Waals surface area contributed by atoms with E-state index in [1.807, 2.05) is 0 Å². The van der Waals surface area contributed by atoms with Gasteiger partial charge in [0, 0.05) is 12.5 Å². The smallest absolute Gasteiger partial charge is 0.123 e. The second-order valence-corrected chi connectivity index (χ2v) is 6.30. The van der Waals surface area contributed by atoms with Gasteiger partial charge in [0.2, 0.25) is 0 Å². The summed E-state index contributed by atoms with van der Waals surface area (Å²) in [6.45, 7) is 3.13. The number of aldehydes is 1. The Kier molecular flexibility index (Phi) is 3.94.